The molecule has 0 saturated carbocycles. The topological polar surface area (TPSA) is 122 Å². The van der Waals surface area contributed by atoms with Gasteiger partial charge >= 0.3 is 12.0 Å². The summed E-state index contributed by atoms with van der Waals surface area (Å²) in [4.78, 5) is 34.9. The van der Waals surface area contributed by atoms with Crippen LogP contribution in [0.4, 0.5) is 9.18 Å². The Morgan fingerprint density at radius 1 is 1.15 bits per heavy atom. The summed E-state index contributed by atoms with van der Waals surface area (Å²) in [6.07, 6.45) is -1.31. The standard InChI is InChI=1S/C16H22FN3O6S/c1-10(2)18-16(23)19-15(22)11(3)26-14(21)9-20(4)27(24,25)13-7-5-12(17)6-8-13/h5-8,10-11H,9H2,1-4H3,(H2,18,19,22,23). The van der Waals surface area contributed by atoms with Gasteiger partial charge in [0.2, 0.25) is 10.0 Å². The first-order chi connectivity index (χ1) is 12.4. The average Bonchev–Trinajstić information content (AvgIpc) is 2.53. The molecule has 0 bridgehead atoms. The highest BCUT2D eigenvalue weighted by atomic mass is 32.2. The molecule has 27 heavy (non-hydrogen) atoms. The second-order valence-electron chi connectivity index (χ2n) is 5.96. The Kier molecular flexibility index (Phi) is 7.85. The number of benzene rings is 1. The molecule has 1 aromatic carbocycles. The van der Waals surface area contributed by atoms with E-state index in [0.717, 1.165) is 31.3 Å². The number of amides is 3. The van der Waals surface area contributed by atoms with Gasteiger partial charge in [-0.3, -0.25) is 14.9 Å². The minimum atomic E-state index is -4.04. The van der Waals surface area contributed by atoms with Crippen LogP contribution in [0.2, 0.25) is 0 Å². The molecule has 150 valence electrons. The first kappa shape index (κ1) is 22.5. The summed E-state index contributed by atoms with van der Waals surface area (Å²) in [6, 6.07) is 3.16. The Bertz CT molecular complexity index is 795. The molecule has 11 heteroatoms. The summed E-state index contributed by atoms with van der Waals surface area (Å²) in [7, 11) is -2.90. The third-order valence-electron chi connectivity index (χ3n) is 3.21. The van der Waals surface area contributed by atoms with Crippen LogP contribution in [0.5, 0.6) is 0 Å². The number of carbonyl (C=O) groups is 3. The molecule has 0 aromatic heterocycles. The van der Waals surface area contributed by atoms with E-state index in [1.807, 2.05) is 5.32 Å². The van der Waals surface area contributed by atoms with E-state index in [2.05, 4.69) is 5.32 Å². The van der Waals surface area contributed by atoms with Crippen LogP contribution in [0.25, 0.3) is 0 Å². The van der Waals surface area contributed by atoms with Gasteiger partial charge in [0.15, 0.2) is 6.10 Å². The largest absolute Gasteiger partial charge is 0.452 e. The predicted octanol–water partition coefficient (Wildman–Crippen LogP) is 0.612. The van der Waals surface area contributed by atoms with E-state index < -0.39 is 46.4 Å². The number of hydrogen-bond donors (Lipinski definition) is 2. The first-order valence-corrected chi connectivity index (χ1v) is 9.40. The molecule has 1 unspecified atom stereocenters. The van der Waals surface area contributed by atoms with Crippen LogP contribution in [-0.2, 0) is 24.3 Å². The van der Waals surface area contributed by atoms with Gasteiger partial charge in [-0.1, -0.05) is 0 Å². The third-order valence-corrected chi connectivity index (χ3v) is 5.03. The Morgan fingerprint density at radius 2 is 1.70 bits per heavy atom. The summed E-state index contributed by atoms with van der Waals surface area (Å²) in [6.45, 7) is 3.97. The van der Waals surface area contributed by atoms with E-state index in [-0.39, 0.29) is 10.9 Å². The highest BCUT2D eigenvalue weighted by Gasteiger charge is 2.26. The number of sulfonamides is 1. The third kappa shape index (κ3) is 6.94. The lowest BCUT2D eigenvalue weighted by Crippen LogP contribution is -2.47. The molecule has 2 N–H and O–H groups in total. The Morgan fingerprint density at radius 3 is 2.22 bits per heavy atom. The molecule has 3 amide bonds. The van der Waals surface area contributed by atoms with E-state index >= 15 is 0 Å². The fraction of sp³-hybridized carbons (Fsp3) is 0.438. The predicted molar refractivity (Wildman–Crippen MR) is 93.6 cm³/mol. The first-order valence-electron chi connectivity index (χ1n) is 7.96. The minimum Gasteiger partial charge on any atom is -0.452 e. The number of halogens is 1. The number of rotatable bonds is 7. The summed E-state index contributed by atoms with van der Waals surface area (Å²) in [5.41, 5.74) is 0. The highest BCUT2D eigenvalue weighted by molar-refractivity contribution is 7.89. The van der Waals surface area contributed by atoms with E-state index in [1.165, 1.54) is 6.92 Å². The molecule has 0 radical (unpaired) electrons. The second-order valence-corrected chi connectivity index (χ2v) is 8.01. The Balaban J connectivity index is 2.63. The molecule has 1 aromatic rings. The van der Waals surface area contributed by atoms with Crippen LogP contribution in [-0.4, -0.2) is 56.4 Å². The maximum atomic E-state index is 12.9. The SMILES string of the molecule is CC(C)NC(=O)NC(=O)C(C)OC(=O)CN(C)S(=O)(=O)c1ccc(F)cc1. The summed E-state index contributed by atoms with van der Waals surface area (Å²) >= 11 is 0. The zero-order chi connectivity index (χ0) is 20.8. The lowest BCUT2D eigenvalue weighted by atomic mass is 10.3. The van der Waals surface area contributed by atoms with Crippen molar-refractivity contribution in [3.8, 4) is 0 Å². The van der Waals surface area contributed by atoms with Crippen LogP contribution in [0, 0.1) is 5.82 Å². The van der Waals surface area contributed by atoms with Gasteiger partial charge in [-0.2, -0.15) is 4.31 Å². The number of ether oxygens (including phenoxy) is 1. The van der Waals surface area contributed by atoms with Crippen LogP contribution in [0.15, 0.2) is 29.2 Å². The normalized spacial score (nSPS) is 12.6. The number of esters is 1. The van der Waals surface area contributed by atoms with E-state index in [0.29, 0.717) is 4.31 Å². The molecule has 0 spiro atoms. The molecular weight excluding hydrogens is 381 g/mol. The van der Waals surface area contributed by atoms with Crippen LogP contribution in [0.3, 0.4) is 0 Å². The van der Waals surface area contributed by atoms with Gasteiger partial charge < -0.3 is 10.1 Å². The van der Waals surface area contributed by atoms with E-state index in [9.17, 15) is 27.2 Å². The lowest BCUT2D eigenvalue weighted by molar-refractivity contribution is -0.154. The Hall–Kier alpha value is -2.53. The average molecular weight is 403 g/mol. The van der Waals surface area contributed by atoms with Crippen molar-refractivity contribution in [1.82, 2.24) is 14.9 Å². The maximum absolute atomic E-state index is 12.9. The number of nitrogens with one attached hydrogen (secondary N) is 2. The minimum absolute atomic E-state index is 0.194. The quantitative estimate of drug-likeness (QED) is 0.644. The summed E-state index contributed by atoms with van der Waals surface area (Å²) in [5, 5.41) is 4.43. The zero-order valence-corrected chi connectivity index (χ0v) is 16.2. The number of nitrogens with zero attached hydrogens (tertiary/aromatic N) is 1. The van der Waals surface area contributed by atoms with Crippen LogP contribution < -0.4 is 10.6 Å². The number of hydrogen-bond acceptors (Lipinski definition) is 6. The molecule has 0 heterocycles. The molecule has 1 rings (SSSR count). The van der Waals surface area contributed by atoms with Crippen molar-refractivity contribution in [3.63, 3.8) is 0 Å². The van der Waals surface area contributed by atoms with Gasteiger partial charge in [0.05, 0.1) is 4.90 Å². The van der Waals surface area contributed by atoms with Crippen molar-refractivity contribution in [1.29, 1.82) is 0 Å². The second kappa shape index (κ2) is 9.42. The van der Waals surface area contributed by atoms with Gasteiger partial charge in [-0.15, -0.1) is 0 Å². The fourth-order valence-electron chi connectivity index (χ4n) is 1.85. The smallest absolute Gasteiger partial charge is 0.322 e. The number of carbonyl (C=O) groups excluding carboxylic acids is 3. The van der Waals surface area contributed by atoms with Crippen molar-refractivity contribution in [2.24, 2.45) is 0 Å². The molecule has 0 aliphatic rings. The van der Waals surface area contributed by atoms with Crippen molar-refractivity contribution in [3.05, 3.63) is 30.1 Å². The molecule has 0 fully saturated rings. The molecule has 1 atom stereocenters. The molecular formula is C16H22FN3O6S. The molecule has 0 aliphatic carbocycles. The van der Waals surface area contributed by atoms with Crippen molar-refractivity contribution in [2.45, 2.75) is 37.8 Å². The monoisotopic (exact) mass is 403 g/mol. The van der Waals surface area contributed by atoms with Crippen LogP contribution >= 0.6 is 0 Å². The van der Waals surface area contributed by atoms with Crippen molar-refractivity contribution in [2.75, 3.05) is 13.6 Å². The van der Waals surface area contributed by atoms with Crippen molar-refractivity contribution >= 4 is 27.9 Å². The van der Waals surface area contributed by atoms with Gasteiger partial charge in [0.25, 0.3) is 5.91 Å². The number of likely N-dealkylation sites (N-methyl/N-ethyl adjacent to an activating group) is 1. The highest BCUT2D eigenvalue weighted by Crippen LogP contribution is 2.14. The van der Waals surface area contributed by atoms with Gasteiger partial charge in [0.1, 0.15) is 12.4 Å². The fourth-order valence-corrected chi connectivity index (χ4v) is 2.97. The van der Waals surface area contributed by atoms with Gasteiger partial charge in [-0.25, -0.2) is 17.6 Å². The summed E-state index contributed by atoms with van der Waals surface area (Å²) < 4.78 is 43.1. The van der Waals surface area contributed by atoms with Crippen molar-refractivity contribution < 1.29 is 31.9 Å². The molecule has 9 nitrogen and oxygen atoms in total. The van der Waals surface area contributed by atoms with Crippen LogP contribution in [0.1, 0.15) is 20.8 Å². The van der Waals surface area contributed by atoms with E-state index in [1.54, 1.807) is 13.8 Å². The lowest BCUT2D eigenvalue weighted by Gasteiger charge is -2.18. The van der Waals surface area contributed by atoms with Gasteiger partial charge in [0, 0.05) is 13.1 Å². The molecule has 0 aliphatic heterocycles. The Labute approximate surface area is 156 Å². The molecule has 0 saturated heterocycles. The maximum Gasteiger partial charge on any atom is 0.322 e. The number of urea groups is 1. The zero-order valence-electron chi connectivity index (χ0n) is 15.4. The van der Waals surface area contributed by atoms with E-state index in [4.69, 9.17) is 4.74 Å². The summed E-state index contributed by atoms with van der Waals surface area (Å²) in [5.74, 6) is -2.45. The number of imide groups is 1. The van der Waals surface area contributed by atoms with Gasteiger partial charge in [-0.05, 0) is 45.0 Å².